The molecule has 3 aromatic rings. The minimum Gasteiger partial charge on any atom is -0.206 e. The van der Waals surface area contributed by atoms with Crippen molar-refractivity contribution in [3.05, 3.63) is 29.2 Å². The third kappa shape index (κ3) is 1.08. The lowest BCUT2D eigenvalue weighted by Crippen LogP contribution is -1.97. The first-order valence-electron chi connectivity index (χ1n) is 4.09. The largest absolute Gasteiger partial charge is 0.210 e. The fourth-order valence-corrected chi connectivity index (χ4v) is 1.69. The van der Waals surface area contributed by atoms with Crippen molar-refractivity contribution < 1.29 is 4.39 Å². The number of halogens is 2. The number of tetrazole rings is 1. The average molecular weight is 224 g/mol. The summed E-state index contributed by atoms with van der Waals surface area (Å²) in [4.78, 5) is 0. The van der Waals surface area contributed by atoms with Gasteiger partial charge in [0.1, 0.15) is 5.82 Å². The Kier molecular flexibility index (Phi) is 1.60. The molecule has 3 rings (SSSR count). The molecule has 2 heterocycles. The minimum absolute atomic E-state index is 0.171. The molecule has 0 bridgehead atoms. The van der Waals surface area contributed by atoms with Crippen LogP contribution in [0.15, 0.2) is 18.2 Å². The highest BCUT2D eigenvalue weighted by Crippen LogP contribution is 2.25. The van der Waals surface area contributed by atoms with Crippen LogP contribution >= 0.6 is 11.6 Å². The first kappa shape index (κ1) is 8.49. The van der Waals surface area contributed by atoms with Crippen molar-refractivity contribution in [2.75, 3.05) is 0 Å². The van der Waals surface area contributed by atoms with Crippen molar-refractivity contribution >= 4 is 28.0 Å². The van der Waals surface area contributed by atoms with Crippen LogP contribution in [0.2, 0.25) is 5.15 Å². The molecule has 0 spiro atoms. The molecule has 0 saturated heterocycles. The second-order valence-corrected chi connectivity index (χ2v) is 3.30. The number of benzene rings is 1. The summed E-state index contributed by atoms with van der Waals surface area (Å²) in [6.45, 7) is 0. The highest BCUT2D eigenvalue weighted by molar-refractivity contribution is 6.34. The fourth-order valence-electron chi connectivity index (χ4n) is 1.46. The van der Waals surface area contributed by atoms with E-state index in [0.29, 0.717) is 5.39 Å². The molecule has 15 heavy (non-hydrogen) atoms. The first-order valence-corrected chi connectivity index (χ1v) is 4.47. The molecule has 0 aliphatic heterocycles. The van der Waals surface area contributed by atoms with Gasteiger partial charge in [-0.25, -0.2) is 4.39 Å². The molecule has 0 aliphatic carbocycles. The van der Waals surface area contributed by atoms with Gasteiger partial charge in [-0.15, -0.1) is 14.8 Å². The first-order chi connectivity index (χ1) is 7.27. The quantitative estimate of drug-likeness (QED) is 0.579. The summed E-state index contributed by atoms with van der Waals surface area (Å²) in [5.74, 6) is -0.420. The van der Waals surface area contributed by atoms with Crippen LogP contribution in [0.3, 0.4) is 0 Å². The number of rotatable bonds is 0. The molecule has 0 saturated carbocycles. The normalized spacial score (nSPS) is 11.3. The van der Waals surface area contributed by atoms with E-state index in [1.807, 2.05) is 0 Å². The second-order valence-electron chi connectivity index (χ2n) is 2.95. The van der Waals surface area contributed by atoms with E-state index < -0.39 is 5.82 Å². The minimum atomic E-state index is -0.420. The van der Waals surface area contributed by atoms with Gasteiger partial charge in [0, 0.05) is 5.39 Å². The lowest BCUT2D eigenvalue weighted by Gasteiger charge is -2.00. The molecule has 0 unspecified atom stereocenters. The maximum Gasteiger partial charge on any atom is 0.210 e. The predicted octanol–water partition coefficient (Wildman–Crippen LogP) is 1.46. The summed E-state index contributed by atoms with van der Waals surface area (Å²) in [6.07, 6.45) is 0. The zero-order valence-electron chi connectivity index (χ0n) is 7.22. The third-order valence-corrected chi connectivity index (χ3v) is 2.37. The van der Waals surface area contributed by atoms with Crippen molar-refractivity contribution in [3.63, 3.8) is 0 Å². The number of aromatic nitrogens is 5. The number of nitrogens with zero attached hydrogens (tertiary/aromatic N) is 5. The van der Waals surface area contributed by atoms with Gasteiger partial charge in [-0.1, -0.05) is 23.7 Å². The topological polar surface area (TPSA) is 56.0 Å². The van der Waals surface area contributed by atoms with E-state index in [1.54, 1.807) is 12.1 Å². The monoisotopic (exact) mass is 223 g/mol. The van der Waals surface area contributed by atoms with Crippen molar-refractivity contribution in [2.24, 2.45) is 0 Å². The Morgan fingerprint density at radius 1 is 1.33 bits per heavy atom. The van der Waals surface area contributed by atoms with Crippen molar-refractivity contribution in [1.82, 2.24) is 25.3 Å². The predicted molar refractivity (Wildman–Crippen MR) is 51.1 cm³/mol. The molecule has 0 radical (unpaired) electrons. The Morgan fingerprint density at radius 3 is 3.07 bits per heavy atom. The maximum atomic E-state index is 13.6. The van der Waals surface area contributed by atoms with E-state index in [9.17, 15) is 4.39 Å². The van der Waals surface area contributed by atoms with Gasteiger partial charge in [-0.3, -0.25) is 0 Å². The summed E-state index contributed by atoms with van der Waals surface area (Å²) < 4.78 is 14.7. The van der Waals surface area contributed by atoms with Gasteiger partial charge in [0.25, 0.3) is 0 Å². The molecule has 7 heteroatoms. The van der Waals surface area contributed by atoms with Crippen molar-refractivity contribution in [3.8, 4) is 0 Å². The lowest BCUT2D eigenvalue weighted by molar-refractivity contribution is 0.639. The Balaban J connectivity index is 2.69. The van der Waals surface area contributed by atoms with Crippen molar-refractivity contribution in [2.45, 2.75) is 0 Å². The highest BCUT2D eigenvalue weighted by atomic mass is 35.5. The summed E-state index contributed by atoms with van der Waals surface area (Å²) >= 11 is 5.87. The number of fused-ring (bicyclic) bond motifs is 3. The molecule has 1 aromatic carbocycles. The van der Waals surface area contributed by atoms with Gasteiger partial charge in [-0.2, -0.15) is 0 Å². The molecule has 2 aromatic heterocycles. The smallest absolute Gasteiger partial charge is 0.206 e. The van der Waals surface area contributed by atoms with Crippen LogP contribution in [0.4, 0.5) is 4.39 Å². The van der Waals surface area contributed by atoms with Crippen LogP contribution in [0.1, 0.15) is 0 Å². The molecule has 0 amide bonds. The van der Waals surface area contributed by atoms with Crippen LogP contribution in [0.25, 0.3) is 16.4 Å². The molecule has 0 atom stereocenters. The Labute approximate surface area is 87.5 Å². The van der Waals surface area contributed by atoms with E-state index in [-0.39, 0.29) is 16.2 Å². The van der Waals surface area contributed by atoms with E-state index in [0.717, 1.165) is 4.63 Å². The summed E-state index contributed by atoms with van der Waals surface area (Å²) in [5, 5.41) is 15.5. The Morgan fingerprint density at radius 2 is 2.20 bits per heavy atom. The zero-order chi connectivity index (χ0) is 10.4. The van der Waals surface area contributed by atoms with Gasteiger partial charge >= 0.3 is 0 Å². The molecule has 74 valence electrons. The molecule has 5 nitrogen and oxygen atoms in total. The molecule has 0 aliphatic rings. The number of hydrogen-bond acceptors (Lipinski definition) is 4. The van der Waals surface area contributed by atoms with Crippen LogP contribution in [0.5, 0.6) is 0 Å². The van der Waals surface area contributed by atoms with Crippen LogP contribution in [-0.4, -0.2) is 25.3 Å². The van der Waals surface area contributed by atoms with Crippen LogP contribution in [-0.2, 0) is 0 Å². The Hall–Kier alpha value is -1.82. The molecular formula is C8H3ClFN5. The number of hydrogen-bond donors (Lipinski definition) is 0. The summed E-state index contributed by atoms with van der Waals surface area (Å²) in [5.41, 5.74) is 0.257. The second kappa shape index (κ2) is 2.83. The maximum absolute atomic E-state index is 13.6. The van der Waals surface area contributed by atoms with Crippen LogP contribution in [0, 0.1) is 5.82 Å². The van der Waals surface area contributed by atoms with E-state index >= 15 is 0 Å². The summed E-state index contributed by atoms with van der Waals surface area (Å²) in [7, 11) is 0. The summed E-state index contributed by atoms with van der Waals surface area (Å²) in [6, 6.07) is 4.56. The third-order valence-electron chi connectivity index (χ3n) is 2.10. The molecular weight excluding hydrogens is 221 g/mol. The van der Waals surface area contributed by atoms with Gasteiger partial charge in [0.15, 0.2) is 5.15 Å². The lowest BCUT2D eigenvalue weighted by atomic mass is 10.2. The fraction of sp³-hybridized carbons (Fsp3) is 0. The highest BCUT2D eigenvalue weighted by Gasteiger charge is 2.12. The molecule has 0 N–H and O–H groups in total. The Bertz CT molecular complexity index is 664. The molecule has 0 fully saturated rings. The average Bonchev–Trinajstić information content (AvgIpc) is 2.66. The van der Waals surface area contributed by atoms with Gasteiger partial charge in [-0.05, 0) is 16.5 Å². The standard InChI is InChI=1S/C8H3ClFN5/c9-7-4-2-1-3-5(10)6(4)8-11-13-14-15(8)12-7/h1-3H. The van der Waals surface area contributed by atoms with Crippen molar-refractivity contribution in [1.29, 1.82) is 0 Å². The van der Waals surface area contributed by atoms with Crippen LogP contribution < -0.4 is 0 Å². The SMILES string of the molecule is Fc1cccc2c(Cl)nn3nnnc3c12. The van der Waals surface area contributed by atoms with E-state index in [4.69, 9.17) is 11.6 Å². The van der Waals surface area contributed by atoms with Gasteiger partial charge in [0.2, 0.25) is 5.65 Å². The van der Waals surface area contributed by atoms with Gasteiger partial charge in [0.05, 0.1) is 5.39 Å². The van der Waals surface area contributed by atoms with E-state index in [2.05, 4.69) is 20.6 Å². The van der Waals surface area contributed by atoms with Gasteiger partial charge < -0.3 is 0 Å². The zero-order valence-corrected chi connectivity index (χ0v) is 7.98. The van der Waals surface area contributed by atoms with E-state index in [1.165, 1.54) is 6.07 Å².